The van der Waals surface area contributed by atoms with Gasteiger partial charge < -0.3 is 15.4 Å². The quantitative estimate of drug-likeness (QED) is 0.599. The van der Waals surface area contributed by atoms with Gasteiger partial charge in [-0.25, -0.2) is 4.99 Å². The maximum Gasteiger partial charge on any atom is 0.191 e. The topological polar surface area (TPSA) is 45.7 Å². The summed E-state index contributed by atoms with van der Waals surface area (Å²) in [4.78, 5) is 4.73. The zero-order chi connectivity index (χ0) is 16.1. The molecule has 2 fully saturated rings. The maximum atomic E-state index is 5.20. The van der Waals surface area contributed by atoms with Crippen molar-refractivity contribution in [2.75, 3.05) is 20.2 Å². The molecule has 2 saturated carbocycles. The Hall–Kier alpha value is -1.71. The van der Waals surface area contributed by atoms with Gasteiger partial charge in [-0.15, -0.1) is 0 Å². The molecule has 1 aromatic rings. The molecule has 2 N–H and O–H groups in total. The predicted octanol–water partition coefficient (Wildman–Crippen LogP) is 3.33. The van der Waals surface area contributed by atoms with E-state index in [1.807, 2.05) is 12.1 Å². The summed E-state index contributed by atoms with van der Waals surface area (Å²) in [6, 6.07) is 8.12. The number of hydrogen-bond donors (Lipinski definition) is 2. The number of rotatable bonds is 7. The third-order valence-electron chi connectivity index (χ3n) is 5.32. The van der Waals surface area contributed by atoms with Crippen LogP contribution in [-0.2, 0) is 6.54 Å². The van der Waals surface area contributed by atoms with Gasteiger partial charge in [0, 0.05) is 13.1 Å². The van der Waals surface area contributed by atoms with Crippen molar-refractivity contribution in [3.8, 4) is 5.75 Å². The van der Waals surface area contributed by atoms with Crippen LogP contribution >= 0.6 is 0 Å². The largest absolute Gasteiger partial charge is 0.497 e. The SMILES string of the molecule is CCNC(=NCc1ccc(OC)cc1)NCC1(C2CC2)CCC1. The van der Waals surface area contributed by atoms with Crippen LogP contribution in [0.5, 0.6) is 5.75 Å². The molecule has 0 radical (unpaired) electrons. The fraction of sp³-hybridized carbons (Fsp3) is 0.632. The molecule has 0 saturated heterocycles. The van der Waals surface area contributed by atoms with E-state index < -0.39 is 0 Å². The first kappa shape index (κ1) is 16.2. The van der Waals surface area contributed by atoms with E-state index in [0.29, 0.717) is 12.0 Å². The van der Waals surface area contributed by atoms with Crippen molar-refractivity contribution in [2.45, 2.75) is 45.6 Å². The number of benzene rings is 1. The Labute approximate surface area is 139 Å². The van der Waals surface area contributed by atoms with Gasteiger partial charge in [-0.2, -0.15) is 0 Å². The second kappa shape index (κ2) is 7.24. The van der Waals surface area contributed by atoms with Gasteiger partial charge in [0.2, 0.25) is 0 Å². The minimum Gasteiger partial charge on any atom is -0.497 e. The summed E-state index contributed by atoms with van der Waals surface area (Å²) in [7, 11) is 1.69. The van der Waals surface area contributed by atoms with Crippen LogP contribution < -0.4 is 15.4 Å². The van der Waals surface area contributed by atoms with E-state index in [0.717, 1.165) is 30.7 Å². The summed E-state index contributed by atoms with van der Waals surface area (Å²) < 4.78 is 5.20. The van der Waals surface area contributed by atoms with Gasteiger partial charge in [0.05, 0.1) is 13.7 Å². The Morgan fingerprint density at radius 1 is 1.22 bits per heavy atom. The van der Waals surface area contributed by atoms with Crippen molar-refractivity contribution in [3.05, 3.63) is 29.8 Å². The molecular formula is C19H29N3O. The first-order valence-corrected chi connectivity index (χ1v) is 8.91. The molecule has 1 aromatic carbocycles. The average Bonchev–Trinajstić information content (AvgIpc) is 3.37. The number of hydrogen-bond acceptors (Lipinski definition) is 2. The molecular weight excluding hydrogens is 286 g/mol. The van der Waals surface area contributed by atoms with Crippen LogP contribution in [0.15, 0.2) is 29.3 Å². The number of nitrogens with zero attached hydrogens (tertiary/aromatic N) is 1. The lowest BCUT2D eigenvalue weighted by Gasteiger charge is -2.43. The van der Waals surface area contributed by atoms with Gasteiger partial charge in [0.1, 0.15) is 5.75 Å². The average molecular weight is 315 g/mol. The standard InChI is InChI=1S/C19H29N3O/c1-3-20-18(21-13-15-5-9-17(23-2)10-6-15)22-14-19(11-4-12-19)16-7-8-16/h5-6,9-10,16H,3-4,7-8,11-14H2,1-2H3,(H2,20,21,22). The minimum atomic E-state index is 0.566. The summed E-state index contributed by atoms with van der Waals surface area (Å²) in [6.07, 6.45) is 7.05. The third-order valence-corrected chi connectivity index (χ3v) is 5.32. The third kappa shape index (κ3) is 3.98. The van der Waals surface area contributed by atoms with Crippen molar-refractivity contribution >= 4 is 5.96 Å². The van der Waals surface area contributed by atoms with Crippen LogP contribution in [0, 0.1) is 11.3 Å². The molecule has 2 aliphatic carbocycles. The molecule has 0 aliphatic heterocycles. The summed E-state index contributed by atoms with van der Waals surface area (Å²) in [6.45, 7) is 4.78. The Bertz CT molecular complexity index is 530. The van der Waals surface area contributed by atoms with Crippen LogP contribution in [0.1, 0.15) is 44.6 Å². The van der Waals surface area contributed by atoms with Crippen LogP contribution in [0.2, 0.25) is 0 Å². The summed E-state index contributed by atoms with van der Waals surface area (Å²) in [5.74, 6) is 2.79. The van der Waals surface area contributed by atoms with E-state index in [2.05, 4.69) is 29.7 Å². The lowest BCUT2D eigenvalue weighted by atomic mass is 9.65. The first-order chi connectivity index (χ1) is 11.3. The zero-order valence-electron chi connectivity index (χ0n) is 14.4. The van der Waals surface area contributed by atoms with Crippen molar-refractivity contribution in [1.29, 1.82) is 0 Å². The van der Waals surface area contributed by atoms with E-state index >= 15 is 0 Å². The zero-order valence-corrected chi connectivity index (χ0v) is 14.4. The fourth-order valence-electron chi connectivity index (χ4n) is 3.56. The molecule has 0 spiro atoms. The number of aliphatic imine (C=N–C) groups is 1. The molecule has 4 nitrogen and oxygen atoms in total. The maximum absolute atomic E-state index is 5.20. The lowest BCUT2D eigenvalue weighted by Crippen LogP contribution is -2.47. The Balaban J connectivity index is 1.56. The van der Waals surface area contributed by atoms with Crippen LogP contribution in [-0.4, -0.2) is 26.2 Å². The fourth-order valence-corrected chi connectivity index (χ4v) is 3.56. The molecule has 0 heterocycles. The highest BCUT2D eigenvalue weighted by Crippen LogP contribution is 2.56. The van der Waals surface area contributed by atoms with Crippen LogP contribution in [0.25, 0.3) is 0 Å². The molecule has 126 valence electrons. The molecule has 23 heavy (non-hydrogen) atoms. The molecule has 2 aliphatic rings. The normalized spacial score (nSPS) is 19.8. The van der Waals surface area contributed by atoms with Gasteiger partial charge in [-0.3, -0.25) is 0 Å². The van der Waals surface area contributed by atoms with E-state index in [1.54, 1.807) is 7.11 Å². The highest BCUT2D eigenvalue weighted by atomic mass is 16.5. The van der Waals surface area contributed by atoms with E-state index in [1.165, 1.54) is 37.7 Å². The second-order valence-electron chi connectivity index (χ2n) is 6.89. The Kier molecular flexibility index (Phi) is 5.09. The van der Waals surface area contributed by atoms with Crippen molar-refractivity contribution in [3.63, 3.8) is 0 Å². The van der Waals surface area contributed by atoms with E-state index in [-0.39, 0.29) is 0 Å². The highest BCUT2D eigenvalue weighted by Gasteiger charge is 2.48. The molecule has 4 heteroatoms. The predicted molar refractivity (Wildman–Crippen MR) is 94.8 cm³/mol. The van der Waals surface area contributed by atoms with Crippen molar-refractivity contribution in [2.24, 2.45) is 16.3 Å². The number of methoxy groups -OCH3 is 1. The van der Waals surface area contributed by atoms with Gasteiger partial charge in [-0.05, 0) is 61.6 Å². The number of ether oxygens (including phenoxy) is 1. The van der Waals surface area contributed by atoms with E-state index in [4.69, 9.17) is 9.73 Å². The Morgan fingerprint density at radius 3 is 2.48 bits per heavy atom. The first-order valence-electron chi connectivity index (χ1n) is 8.91. The smallest absolute Gasteiger partial charge is 0.191 e. The summed E-state index contributed by atoms with van der Waals surface area (Å²) in [5, 5.41) is 6.96. The molecule has 0 unspecified atom stereocenters. The number of nitrogens with one attached hydrogen (secondary N) is 2. The summed E-state index contributed by atoms with van der Waals surface area (Å²) in [5.41, 5.74) is 1.76. The van der Waals surface area contributed by atoms with Crippen molar-refractivity contribution in [1.82, 2.24) is 10.6 Å². The monoisotopic (exact) mass is 315 g/mol. The molecule has 0 atom stereocenters. The van der Waals surface area contributed by atoms with Crippen LogP contribution in [0.4, 0.5) is 0 Å². The van der Waals surface area contributed by atoms with Gasteiger partial charge in [0.25, 0.3) is 0 Å². The van der Waals surface area contributed by atoms with Gasteiger partial charge in [0.15, 0.2) is 5.96 Å². The molecule has 0 bridgehead atoms. The van der Waals surface area contributed by atoms with Crippen LogP contribution in [0.3, 0.4) is 0 Å². The van der Waals surface area contributed by atoms with Gasteiger partial charge in [-0.1, -0.05) is 18.6 Å². The number of guanidine groups is 1. The summed E-state index contributed by atoms with van der Waals surface area (Å²) >= 11 is 0. The molecule has 0 amide bonds. The molecule has 3 rings (SSSR count). The highest BCUT2D eigenvalue weighted by molar-refractivity contribution is 5.79. The van der Waals surface area contributed by atoms with Gasteiger partial charge >= 0.3 is 0 Å². The minimum absolute atomic E-state index is 0.566. The second-order valence-corrected chi connectivity index (χ2v) is 6.89. The Morgan fingerprint density at radius 2 is 1.96 bits per heavy atom. The van der Waals surface area contributed by atoms with Crippen molar-refractivity contribution < 1.29 is 4.74 Å². The lowest BCUT2D eigenvalue weighted by molar-refractivity contribution is 0.106. The van der Waals surface area contributed by atoms with E-state index in [9.17, 15) is 0 Å². The molecule has 0 aromatic heterocycles.